The van der Waals surface area contributed by atoms with Crippen molar-refractivity contribution >= 4 is 52.0 Å². The summed E-state index contributed by atoms with van der Waals surface area (Å²) in [4.78, 5) is 17.1. The van der Waals surface area contributed by atoms with E-state index in [1.807, 2.05) is 6.07 Å². The topological polar surface area (TPSA) is 86.7 Å². The van der Waals surface area contributed by atoms with Gasteiger partial charge in [0.1, 0.15) is 17.0 Å². The molecule has 0 saturated heterocycles. The van der Waals surface area contributed by atoms with Crippen molar-refractivity contribution in [1.29, 1.82) is 0 Å². The fraction of sp³-hybridized carbons (Fsp3) is 0.0714. The molecular formula is C28H20Cl2N2O5. The minimum atomic E-state index is -0.327. The van der Waals surface area contributed by atoms with Crippen molar-refractivity contribution in [2.45, 2.75) is 0 Å². The fourth-order valence-electron chi connectivity index (χ4n) is 3.73. The van der Waals surface area contributed by atoms with Crippen molar-refractivity contribution in [3.8, 4) is 34.3 Å². The van der Waals surface area contributed by atoms with Crippen LogP contribution in [0.25, 0.3) is 40.0 Å². The Morgan fingerprint density at radius 3 is 2.41 bits per heavy atom. The van der Waals surface area contributed by atoms with Gasteiger partial charge in [-0.3, -0.25) is 4.79 Å². The van der Waals surface area contributed by atoms with E-state index in [4.69, 9.17) is 41.5 Å². The van der Waals surface area contributed by atoms with Gasteiger partial charge in [-0.2, -0.15) is 0 Å². The third-order valence-corrected chi connectivity index (χ3v) is 5.89. The number of hydrogen-bond acceptors (Lipinski definition) is 6. The summed E-state index contributed by atoms with van der Waals surface area (Å²) in [5, 5.41) is 3.84. The lowest BCUT2D eigenvalue weighted by atomic mass is 10.2. The van der Waals surface area contributed by atoms with Gasteiger partial charge in [0.25, 0.3) is 0 Å². The molecule has 37 heavy (non-hydrogen) atoms. The Hall–Kier alpha value is -4.20. The molecule has 0 radical (unpaired) electrons. The number of halogens is 2. The Bertz CT molecular complexity index is 1620. The third kappa shape index (κ3) is 5.48. The number of hydrogen-bond donors (Lipinski definition) is 1. The second-order valence-electron chi connectivity index (χ2n) is 7.95. The molecular weight excluding hydrogens is 515 g/mol. The zero-order valence-electron chi connectivity index (χ0n) is 19.7. The fourth-order valence-corrected chi connectivity index (χ4v) is 4.26. The van der Waals surface area contributed by atoms with Gasteiger partial charge in [0.05, 0.1) is 14.2 Å². The van der Waals surface area contributed by atoms with Crippen LogP contribution in [0.1, 0.15) is 5.76 Å². The maximum Gasteiger partial charge on any atom is 0.248 e. The lowest BCUT2D eigenvalue weighted by molar-refractivity contribution is -0.111. The number of amides is 1. The van der Waals surface area contributed by atoms with Crippen LogP contribution >= 0.6 is 23.2 Å². The first-order chi connectivity index (χ1) is 17.9. The van der Waals surface area contributed by atoms with Gasteiger partial charge in [-0.15, -0.1) is 0 Å². The van der Waals surface area contributed by atoms with Crippen molar-refractivity contribution in [3.63, 3.8) is 0 Å². The molecule has 0 atom stereocenters. The summed E-state index contributed by atoms with van der Waals surface area (Å²) in [5.41, 5.74) is 3.24. The van der Waals surface area contributed by atoms with E-state index >= 15 is 0 Å². The van der Waals surface area contributed by atoms with Gasteiger partial charge in [0, 0.05) is 32.9 Å². The molecule has 0 fully saturated rings. The summed E-state index contributed by atoms with van der Waals surface area (Å²) in [7, 11) is 3.14. The number of furan rings is 1. The molecule has 5 rings (SSSR count). The van der Waals surface area contributed by atoms with E-state index in [0.29, 0.717) is 55.7 Å². The highest BCUT2D eigenvalue weighted by Crippen LogP contribution is 2.34. The molecule has 1 amide bonds. The maximum absolute atomic E-state index is 12.5. The molecule has 2 aromatic heterocycles. The zero-order chi connectivity index (χ0) is 25.9. The largest absolute Gasteiger partial charge is 0.493 e. The van der Waals surface area contributed by atoms with Gasteiger partial charge < -0.3 is 23.6 Å². The van der Waals surface area contributed by atoms with Crippen molar-refractivity contribution in [2.24, 2.45) is 0 Å². The number of benzene rings is 3. The van der Waals surface area contributed by atoms with Gasteiger partial charge in [-0.1, -0.05) is 23.2 Å². The Morgan fingerprint density at radius 1 is 0.865 bits per heavy atom. The van der Waals surface area contributed by atoms with Gasteiger partial charge in [-0.25, -0.2) is 4.98 Å². The van der Waals surface area contributed by atoms with Crippen LogP contribution in [-0.2, 0) is 4.79 Å². The number of oxazole rings is 1. The molecule has 0 aliphatic heterocycles. The van der Waals surface area contributed by atoms with Gasteiger partial charge in [0.15, 0.2) is 17.1 Å². The number of rotatable bonds is 7. The van der Waals surface area contributed by atoms with E-state index in [1.165, 1.54) is 6.08 Å². The first-order valence-corrected chi connectivity index (χ1v) is 11.9. The lowest BCUT2D eigenvalue weighted by Gasteiger charge is -2.07. The van der Waals surface area contributed by atoms with E-state index in [2.05, 4.69) is 10.3 Å². The van der Waals surface area contributed by atoms with E-state index in [1.54, 1.807) is 81.0 Å². The first-order valence-electron chi connectivity index (χ1n) is 11.1. The van der Waals surface area contributed by atoms with E-state index in [9.17, 15) is 4.79 Å². The molecule has 186 valence electrons. The average Bonchev–Trinajstić information content (AvgIpc) is 3.53. The molecule has 9 heteroatoms. The molecule has 5 aromatic rings. The SMILES string of the molecule is COc1ccc(-c2nc3cc(NC(=O)/C=C/c4ccc(-c5cc(Cl)cc(Cl)c5)o4)ccc3o2)cc1OC. The molecule has 0 aliphatic carbocycles. The van der Waals surface area contributed by atoms with Gasteiger partial charge in [0.2, 0.25) is 11.8 Å². The van der Waals surface area contributed by atoms with E-state index < -0.39 is 0 Å². The highest BCUT2D eigenvalue weighted by molar-refractivity contribution is 6.35. The number of carbonyl (C=O) groups is 1. The van der Waals surface area contributed by atoms with Crippen LogP contribution in [0.2, 0.25) is 10.0 Å². The zero-order valence-corrected chi connectivity index (χ0v) is 21.3. The number of nitrogens with one attached hydrogen (secondary N) is 1. The number of methoxy groups -OCH3 is 2. The third-order valence-electron chi connectivity index (χ3n) is 5.46. The summed E-state index contributed by atoms with van der Waals surface area (Å²) in [5.74, 6) is 2.38. The Labute approximate surface area is 222 Å². The van der Waals surface area contributed by atoms with E-state index in [-0.39, 0.29) is 5.91 Å². The monoisotopic (exact) mass is 534 g/mol. The van der Waals surface area contributed by atoms with Crippen LogP contribution in [0.3, 0.4) is 0 Å². The minimum Gasteiger partial charge on any atom is -0.493 e. The van der Waals surface area contributed by atoms with Crippen LogP contribution in [0.5, 0.6) is 11.5 Å². The summed E-state index contributed by atoms with van der Waals surface area (Å²) in [6.45, 7) is 0. The van der Waals surface area contributed by atoms with Crippen molar-refractivity contribution in [2.75, 3.05) is 19.5 Å². The molecule has 0 saturated carbocycles. The summed E-state index contributed by atoms with van der Waals surface area (Å²) < 4.78 is 22.3. The number of aromatic nitrogens is 1. The van der Waals surface area contributed by atoms with Gasteiger partial charge in [-0.05, 0) is 72.8 Å². The van der Waals surface area contributed by atoms with Crippen LogP contribution in [-0.4, -0.2) is 25.1 Å². The number of fused-ring (bicyclic) bond motifs is 1. The van der Waals surface area contributed by atoms with Crippen molar-refractivity contribution in [3.05, 3.63) is 88.6 Å². The molecule has 1 N–H and O–H groups in total. The highest BCUT2D eigenvalue weighted by Gasteiger charge is 2.13. The standard InChI is InChI=1S/C28H20Cl2N2O5/c1-34-25-7-3-16(13-26(25)35-2)28-32-22-15-20(4-8-24(22)37-28)31-27(33)10-6-21-5-9-23(36-21)17-11-18(29)14-19(30)12-17/h3-15H,1-2H3,(H,31,33)/b10-6+. The van der Waals surface area contributed by atoms with Crippen LogP contribution in [0.15, 0.2) is 81.6 Å². The van der Waals surface area contributed by atoms with Crippen molar-refractivity contribution < 1.29 is 23.1 Å². The summed E-state index contributed by atoms with van der Waals surface area (Å²) in [6.07, 6.45) is 2.96. The Balaban J connectivity index is 1.29. The van der Waals surface area contributed by atoms with Crippen LogP contribution < -0.4 is 14.8 Å². The molecule has 0 aliphatic rings. The Kier molecular flexibility index (Phi) is 6.90. The second kappa shape index (κ2) is 10.4. The molecule has 0 spiro atoms. The number of anilines is 1. The molecule has 3 aromatic carbocycles. The summed E-state index contributed by atoms with van der Waals surface area (Å²) in [6, 6.07) is 19.3. The Morgan fingerprint density at radius 2 is 1.65 bits per heavy atom. The molecule has 0 bridgehead atoms. The molecule has 7 nitrogen and oxygen atoms in total. The normalized spacial score (nSPS) is 11.2. The van der Waals surface area contributed by atoms with E-state index in [0.717, 1.165) is 11.1 Å². The predicted molar refractivity (Wildman–Crippen MR) is 144 cm³/mol. The smallest absolute Gasteiger partial charge is 0.248 e. The molecule has 0 unspecified atom stereocenters. The number of ether oxygens (including phenoxy) is 2. The van der Waals surface area contributed by atoms with Gasteiger partial charge >= 0.3 is 0 Å². The maximum atomic E-state index is 12.5. The predicted octanol–water partition coefficient (Wildman–Crippen LogP) is 7.73. The number of carbonyl (C=O) groups excluding carboxylic acids is 1. The summed E-state index contributed by atoms with van der Waals surface area (Å²) >= 11 is 12.1. The highest BCUT2D eigenvalue weighted by atomic mass is 35.5. The van der Waals surface area contributed by atoms with Crippen LogP contribution in [0.4, 0.5) is 5.69 Å². The quantitative estimate of drug-likeness (QED) is 0.215. The number of nitrogens with zero attached hydrogens (tertiary/aromatic N) is 1. The second-order valence-corrected chi connectivity index (χ2v) is 8.83. The first kappa shape index (κ1) is 24.5. The molecule has 2 heterocycles. The van der Waals surface area contributed by atoms with Crippen LogP contribution in [0, 0.1) is 0 Å². The lowest BCUT2D eigenvalue weighted by Crippen LogP contribution is -2.07. The average molecular weight is 535 g/mol. The van der Waals surface area contributed by atoms with Crippen molar-refractivity contribution in [1.82, 2.24) is 4.98 Å². The minimum absolute atomic E-state index is 0.327.